The number of ether oxygens (including phenoxy) is 1. The third-order valence-corrected chi connectivity index (χ3v) is 3.07. The molecule has 0 fully saturated rings. The Morgan fingerprint density at radius 3 is 2.61 bits per heavy atom. The molecule has 1 heterocycles. The van der Waals surface area contributed by atoms with Crippen molar-refractivity contribution in [3.8, 4) is 5.75 Å². The Kier molecular flexibility index (Phi) is 4.28. The Morgan fingerprint density at radius 1 is 1.28 bits per heavy atom. The number of aromatic nitrogens is 1. The van der Waals surface area contributed by atoms with E-state index in [1.807, 2.05) is 12.1 Å². The molecule has 1 aromatic carbocycles. The van der Waals surface area contributed by atoms with Crippen LogP contribution >= 0.6 is 15.9 Å². The average molecular weight is 311 g/mol. The maximum absolute atomic E-state index is 13.0. The van der Waals surface area contributed by atoms with Crippen molar-refractivity contribution < 1.29 is 9.13 Å². The van der Waals surface area contributed by atoms with Crippen LogP contribution in [0.3, 0.4) is 0 Å². The van der Waals surface area contributed by atoms with Gasteiger partial charge in [0, 0.05) is 18.9 Å². The smallest absolute Gasteiger partial charge is 0.136 e. The number of rotatable bonds is 4. The summed E-state index contributed by atoms with van der Waals surface area (Å²) in [5.41, 5.74) is 6.63. The third-order valence-electron chi connectivity index (χ3n) is 2.46. The molecule has 1 atom stereocenters. The standard InChI is InChI=1S/C13H12BrFN2O/c14-11-7-10(15)1-2-12(11)18-13(8-16)9-3-5-17-6-4-9/h1-7,13H,8,16H2. The van der Waals surface area contributed by atoms with E-state index in [4.69, 9.17) is 10.5 Å². The molecule has 0 aliphatic carbocycles. The molecule has 0 amide bonds. The fourth-order valence-electron chi connectivity index (χ4n) is 1.55. The topological polar surface area (TPSA) is 48.1 Å². The van der Waals surface area contributed by atoms with Crippen molar-refractivity contribution in [2.75, 3.05) is 6.54 Å². The van der Waals surface area contributed by atoms with Gasteiger partial charge in [-0.05, 0) is 51.8 Å². The molecule has 94 valence electrons. The molecule has 18 heavy (non-hydrogen) atoms. The van der Waals surface area contributed by atoms with E-state index in [-0.39, 0.29) is 11.9 Å². The minimum Gasteiger partial charge on any atom is -0.483 e. The van der Waals surface area contributed by atoms with Crippen LogP contribution in [0, 0.1) is 5.82 Å². The molecule has 0 saturated heterocycles. The van der Waals surface area contributed by atoms with Gasteiger partial charge in [-0.2, -0.15) is 0 Å². The lowest BCUT2D eigenvalue weighted by atomic mass is 10.1. The highest BCUT2D eigenvalue weighted by Gasteiger charge is 2.13. The lowest BCUT2D eigenvalue weighted by molar-refractivity contribution is 0.212. The molecule has 0 aliphatic heterocycles. The molecular formula is C13H12BrFN2O. The second kappa shape index (κ2) is 5.93. The molecule has 1 unspecified atom stereocenters. The van der Waals surface area contributed by atoms with E-state index in [2.05, 4.69) is 20.9 Å². The van der Waals surface area contributed by atoms with Gasteiger partial charge < -0.3 is 10.5 Å². The normalized spacial score (nSPS) is 12.2. The molecule has 2 N–H and O–H groups in total. The summed E-state index contributed by atoms with van der Waals surface area (Å²) < 4.78 is 19.3. The Morgan fingerprint density at radius 2 is 2.00 bits per heavy atom. The van der Waals surface area contributed by atoms with Crippen LogP contribution in [0.4, 0.5) is 4.39 Å². The molecule has 5 heteroatoms. The monoisotopic (exact) mass is 310 g/mol. The van der Waals surface area contributed by atoms with Gasteiger partial charge in [0.25, 0.3) is 0 Å². The van der Waals surface area contributed by atoms with Crippen molar-refractivity contribution in [3.05, 3.63) is 58.6 Å². The first-order valence-corrected chi connectivity index (χ1v) is 6.21. The zero-order valence-corrected chi connectivity index (χ0v) is 11.1. The fraction of sp³-hybridized carbons (Fsp3) is 0.154. The number of nitrogens with zero attached hydrogens (tertiary/aromatic N) is 1. The van der Waals surface area contributed by atoms with E-state index < -0.39 is 0 Å². The van der Waals surface area contributed by atoms with Gasteiger partial charge in [-0.15, -0.1) is 0 Å². The van der Waals surface area contributed by atoms with Crippen molar-refractivity contribution >= 4 is 15.9 Å². The van der Waals surface area contributed by atoms with Gasteiger partial charge in [-0.3, -0.25) is 4.98 Å². The Bertz CT molecular complexity index is 522. The van der Waals surface area contributed by atoms with Crippen LogP contribution in [0.1, 0.15) is 11.7 Å². The van der Waals surface area contributed by atoms with Crippen molar-refractivity contribution in [1.29, 1.82) is 0 Å². The fourth-order valence-corrected chi connectivity index (χ4v) is 2.00. The highest BCUT2D eigenvalue weighted by atomic mass is 79.9. The van der Waals surface area contributed by atoms with Gasteiger partial charge >= 0.3 is 0 Å². The van der Waals surface area contributed by atoms with E-state index in [0.29, 0.717) is 16.8 Å². The zero-order valence-electron chi connectivity index (χ0n) is 9.51. The lowest BCUT2D eigenvalue weighted by Crippen LogP contribution is -2.18. The van der Waals surface area contributed by atoms with Crippen LogP contribution in [0.2, 0.25) is 0 Å². The zero-order chi connectivity index (χ0) is 13.0. The van der Waals surface area contributed by atoms with Crippen LogP contribution < -0.4 is 10.5 Å². The second-order valence-corrected chi connectivity index (χ2v) is 4.55. The van der Waals surface area contributed by atoms with Gasteiger partial charge in [0.1, 0.15) is 17.7 Å². The van der Waals surface area contributed by atoms with E-state index >= 15 is 0 Å². The second-order valence-electron chi connectivity index (χ2n) is 3.70. The van der Waals surface area contributed by atoms with E-state index in [9.17, 15) is 4.39 Å². The SMILES string of the molecule is NCC(Oc1ccc(F)cc1Br)c1ccncc1. The summed E-state index contributed by atoms with van der Waals surface area (Å²) in [5, 5.41) is 0. The van der Waals surface area contributed by atoms with Crippen LogP contribution in [-0.2, 0) is 0 Å². The van der Waals surface area contributed by atoms with Crippen molar-refractivity contribution in [2.45, 2.75) is 6.10 Å². The molecule has 2 aromatic rings. The third kappa shape index (κ3) is 3.05. The Balaban J connectivity index is 2.21. The predicted octanol–water partition coefficient (Wildman–Crippen LogP) is 3.06. The number of hydrogen-bond acceptors (Lipinski definition) is 3. The van der Waals surface area contributed by atoms with Crippen LogP contribution in [-0.4, -0.2) is 11.5 Å². The number of hydrogen-bond donors (Lipinski definition) is 1. The molecular weight excluding hydrogens is 299 g/mol. The first-order valence-electron chi connectivity index (χ1n) is 5.42. The van der Waals surface area contributed by atoms with Gasteiger partial charge in [0.15, 0.2) is 0 Å². The van der Waals surface area contributed by atoms with E-state index in [0.717, 1.165) is 5.56 Å². The number of nitrogens with two attached hydrogens (primary N) is 1. The Labute approximate surface area is 113 Å². The highest BCUT2D eigenvalue weighted by molar-refractivity contribution is 9.10. The van der Waals surface area contributed by atoms with Crippen LogP contribution in [0.15, 0.2) is 47.2 Å². The van der Waals surface area contributed by atoms with Gasteiger partial charge in [-0.1, -0.05) is 0 Å². The van der Waals surface area contributed by atoms with Crippen molar-refractivity contribution in [3.63, 3.8) is 0 Å². The molecule has 0 radical (unpaired) electrons. The molecule has 1 aromatic heterocycles. The lowest BCUT2D eigenvalue weighted by Gasteiger charge is -2.18. The van der Waals surface area contributed by atoms with Gasteiger partial charge in [0.05, 0.1) is 4.47 Å². The molecule has 0 aliphatic rings. The number of halogens is 2. The highest BCUT2D eigenvalue weighted by Crippen LogP contribution is 2.29. The molecule has 0 saturated carbocycles. The van der Waals surface area contributed by atoms with Gasteiger partial charge in [-0.25, -0.2) is 4.39 Å². The molecule has 2 rings (SSSR count). The summed E-state index contributed by atoms with van der Waals surface area (Å²) in [6.45, 7) is 0.327. The number of pyridine rings is 1. The predicted molar refractivity (Wildman–Crippen MR) is 70.8 cm³/mol. The minimum atomic E-state index is -0.317. The largest absolute Gasteiger partial charge is 0.483 e. The molecule has 3 nitrogen and oxygen atoms in total. The van der Waals surface area contributed by atoms with Crippen molar-refractivity contribution in [1.82, 2.24) is 4.98 Å². The number of benzene rings is 1. The summed E-state index contributed by atoms with van der Waals surface area (Å²) in [6, 6.07) is 7.96. The maximum Gasteiger partial charge on any atom is 0.136 e. The summed E-state index contributed by atoms with van der Waals surface area (Å²) >= 11 is 3.26. The summed E-state index contributed by atoms with van der Waals surface area (Å²) in [5.74, 6) is 0.242. The van der Waals surface area contributed by atoms with Crippen LogP contribution in [0.25, 0.3) is 0 Å². The summed E-state index contributed by atoms with van der Waals surface area (Å²) in [7, 11) is 0. The summed E-state index contributed by atoms with van der Waals surface area (Å²) in [4.78, 5) is 3.94. The van der Waals surface area contributed by atoms with E-state index in [1.54, 1.807) is 18.5 Å². The minimum absolute atomic E-state index is 0.283. The van der Waals surface area contributed by atoms with Crippen LogP contribution in [0.5, 0.6) is 5.75 Å². The van der Waals surface area contributed by atoms with E-state index in [1.165, 1.54) is 12.1 Å². The maximum atomic E-state index is 13.0. The Hall–Kier alpha value is -1.46. The van der Waals surface area contributed by atoms with Gasteiger partial charge in [0.2, 0.25) is 0 Å². The molecule has 0 bridgehead atoms. The quantitative estimate of drug-likeness (QED) is 0.944. The summed E-state index contributed by atoms with van der Waals surface area (Å²) in [6.07, 6.45) is 3.08. The molecule has 0 spiro atoms. The van der Waals surface area contributed by atoms with Crippen molar-refractivity contribution in [2.24, 2.45) is 5.73 Å². The first-order chi connectivity index (χ1) is 8.70. The average Bonchev–Trinajstić information content (AvgIpc) is 2.39. The first kappa shape index (κ1) is 13.0.